The summed E-state index contributed by atoms with van der Waals surface area (Å²) in [4.78, 5) is 22.7. The van der Waals surface area contributed by atoms with Crippen LogP contribution in [0.15, 0.2) is 18.2 Å². The summed E-state index contributed by atoms with van der Waals surface area (Å²) >= 11 is 0. The molecule has 0 saturated carbocycles. The standard InChI is InChI=1S/C12H15N3O4/c1-12(10(16)14-11(17)15-12)6-19-8-4-3-7(13)5-9(8)18-2/h3-5H,6,13H2,1-2H3,(H2,14,15,16,17). The highest BCUT2D eigenvalue weighted by molar-refractivity contribution is 6.06. The lowest BCUT2D eigenvalue weighted by molar-refractivity contribution is -0.124. The molecule has 3 amide bonds. The molecule has 1 aromatic rings. The molecule has 1 unspecified atom stereocenters. The molecule has 0 spiro atoms. The zero-order chi connectivity index (χ0) is 14.0. The van der Waals surface area contributed by atoms with Crippen molar-refractivity contribution in [1.29, 1.82) is 0 Å². The van der Waals surface area contributed by atoms with Crippen LogP contribution in [-0.2, 0) is 4.79 Å². The van der Waals surface area contributed by atoms with Crippen LogP contribution < -0.4 is 25.8 Å². The van der Waals surface area contributed by atoms with Gasteiger partial charge < -0.3 is 20.5 Å². The minimum Gasteiger partial charge on any atom is -0.493 e. The Balaban J connectivity index is 2.11. The normalized spacial score (nSPS) is 21.8. The Labute approximate surface area is 110 Å². The minimum absolute atomic E-state index is 0.00908. The zero-order valence-corrected chi connectivity index (χ0v) is 10.6. The fourth-order valence-electron chi connectivity index (χ4n) is 1.71. The first-order chi connectivity index (χ1) is 8.94. The lowest BCUT2D eigenvalue weighted by Gasteiger charge is -2.21. The van der Waals surface area contributed by atoms with Crippen LogP contribution >= 0.6 is 0 Å². The van der Waals surface area contributed by atoms with E-state index in [2.05, 4.69) is 10.6 Å². The Morgan fingerprint density at radius 2 is 2.05 bits per heavy atom. The second-order valence-corrected chi connectivity index (χ2v) is 4.44. The molecular weight excluding hydrogens is 250 g/mol. The van der Waals surface area contributed by atoms with Crippen molar-refractivity contribution >= 4 is 17.6 Å². The monoisotopic (exact) mass is 265 g/mol. The highest BCUT2D eigenvalue weighted by Crippen LogP contribution is 2.29. The Morgan fingerprint density at radius 1 is 1.32 bits per heavy atom. The van der Waals surface area contributed by atoms with E-state index in [1.54, 1.807) is 25.1 Å². The molecule has 2 rings (SSSR count). The second-order valence-electron chi connectivity index (χ2n) is 4.44. The van der Waals surface area contributed by atoms with Crippen LogP contribution in [0.5, 0.6) is 11.5 Å². The van der Waals surface area contributed by atoms with Gasteiger partial charge in [0, 0.05) is 11.8 Å². The van der Waals surface area contributed by atoms with E-state index < -0.39 is 17.5 Å². The second kappa shape index (κ2) is 4.68. The molecule has 19 heavy (non-hydrogen) atoms. The third-order valence-corrected chi connectivity index (χ3v) is 2.82. The maximum atomic E-state index is 11.6. The van der Waals surface area contributed by atoms with Gasteiger partial charge in [0.2, 0.25) is 0 Å². The summed E-state index contributed by atoms with van der Waals surface area (Å²) in [6.07, 6.45) is 0. The van der Waals surface area contributed by atoms with Crippen LogP contribution in [0.2, 0.25) is 0 Å². The molecule has 7 heteroatoms. The predicted molar refractivity (Wildman–Crippen MR) is 68.0 cm³/mol. The summed E-state index contributed by atoms with van der Waals surface area (Å²) in [7, 11) is 1.49. The van der Waals surface area contributed by atoms with Crippen LogP contribution in [0.1, 0.15) is 6.92 Å². The number of amides is 3. The number of carbonyl (C=O) groups is 2. The van der Waals surface area contributed by atoms with Gasteiger partial charge in [-0.25, -0.2) is 4.79 Å². The van der Waals surface area contributed by atoms with E-state index in [4.69, 9.17) is 15.2 Å². The molecule has 1 aromatic carbocycles. The fourth-order valence-corrected chi connectivity index (χ4v) is 1.71. The average molecular weight is 265 g/mol. The van der Waals surface area contributed by atoms with Gasteiger partial charge in [-0.2, -0.15) is 0 Å². The first-order valence-corrected chi connectivity index (χ1v) is 5.64. The third-order valence-electron chi connectivity index (χ3n) is 2.82. The maximum Gasteiger partial charge on any atom is 0.322 e. The number of carbonyl (C=O) groups excluding carboxylic acids is 2. The highest BCUT2D eigenvalue weighted by Gasteiger charge is 2.42. The van der Waals surface area contributed by atoms with E-state index in [-0.39, 0.29) is 6.61 Å². The summed E-state index contributed by atoms with van der Waals surface area (Å²) in [6, 6.07) is 4.39. The summed E-state index contributed by atoms with van der Waals surface area (Å²) < 4.78 is 10.7. The molecule has 1 aliphatic heterocycles. The molecule has 1 atom stereocenters. The van der Waals surface area contributed by atoms with E-state index in [1.807, 2.05) is 0 Å². The number of imide groups is 1. The van der Waals surface area contributed by atoms with Crippen LogP contribution in [0, 0.1) is 0 Å². The van der Waals surface area contributed by atoms with Crippen molar-refractivity contribution in [3.63, 3.8) is 0 Å². The van der Waals surface area contributed by atoms with Crippen LogP contribution in [-0.4, -0.2) is 31.2 Å². The van der Waals surface area contributed by atoms with Gasteiger partial charge in [0.1, 0.15) is 6.61 Å². The molecule has 102 valence electrons. The number of urea groups is 1. The van der Waals surface area contributed by atoms with Gasteiger partial charge in [0.05, 0.1) is 7.11 Å². The molecule has 1 fully saturated rings. The Bertz CT molecular complexity index is 532. The first kappa shape index (κ1) is 13.0. The topological polar surface area (TPSA) is 103 Å². The van der Waals surface area contributed by atoms with Crippen molar-refractivity contribution in [2.24, 2.45) is 0 Å². The van der Waals surface area contributed by atoms with Gasteiger partial charge >= 0.3 is 6.03 Å². The Hall–Kier alpha value is -2.44. The number of benzene rings is 1. The smallest absolute Gasteiger partial charge is 0.322 e. The molecule has 0 bridgehead atoms. The summed E-state index contributed by atoms with van der Waals surface area (Å²) in [5, 5.41) is 4.67. The van der Waals surface area contributed by atoms with E-state index in [0.717, 1.165) is 0 Å². The van der Waals surface area contributed by atoms with Crippen molar-refractivity contribution < 1.29 is 19.1 Å². The van der Waals surface area contributed by atoms with Crippen molar-refractivity contribution in [2.45, 2.75) is 12.5 Å². The van der Waals surface area contributed by atoms with Gasteiger partial charge in [-0.1, -0.05) is 0 Å². The van der Waals surface area contributed by atoms with Crippen LogP contribution in [0.25, 0.3) is 0 Å². The number of nitrogens with two attached hydrogens (primary N) is 1. The number of nitrogens with one attached hydrogen (secondary N) is 2. The van der Waals surface area contributed by atoms with Gasteiger partial charge in [-0.15, -0.1) is 0 Å². The first-order valence-electron chi connectivity index (χ1n) is 5.64. The molecule has 0 radical (unpaired) electrons. The Kier molecular flexibility index (Phi) is 3.20. The highest BCUT2D eigenvalue weighted by atomic mass is 16.5. The van der Waals surface area contributed by atoms with Crippen molar-refractivity contribution in [2.75, 3.05) is 19.5 Å². The van der Waals surface area contributed by atoms with Gasteiger partial charge in [0.15, 0.2) is 17.0 Å². The third kappa shape index (κ3) is 2.54. The largest absolute Gasteiger partial charge is 0.493 e. The maximum absolute atomic E-state index is 11.6. The van der Waals surface area contributed by atoms with E-state index in [0.29, 0.717) is 17.2 Å². The summed E-state index contributed by atoms with van der Waals surface area (Å²) in [5.41, 5.74) is 5.08. The lowest BCUT2D eigenvalue weighted by Crippen LogP contribution is -2.48. The van der Waals surface area contributed by atoms with E-state index in [1.165, 1.54) is 7.11 Å². The molecule has 1 aliphatic rings. The molecule has 0 aromatic heterocycles. The summed E-state index contributed by atoms with van der Waals surface area (Å²) in [6.45, 7) is 1.57. The number of rotatable bonds is 4. The predicted octanol–water partition coefficient (Wildman–Crippen LogP) is 0.254. The average Bonchev–Trinajstić information content (AvgIpc) is 2.61. The van der Waals surface area contributed by atoms with Gasteiger partial charge in [-0.3, -0.25) is 10.1 Å². The van der Waals surface area contributed by atoms with Crippen LogP contribution in [0.3, 0.4) is 0 Å². The van der Waals surface area contributed by atoms with Crippen molar-refractivity contribution in [3.8, 4) is 11.5 Å². The SMILES string of the molecule is COc1cc(N)ccc1OCC1(C)NC(=O)NC1=O. The molecule has 4 N–H and O–H groups in total. The quantitative estimate of drug-likeness (QED) is 0.535. The fraction of sp³-hybridized carbons (Fsp3) is 0.333. The number of ether oxygens (including phenoxy) is 2. The van der Waals surface area contributed by atoms with Crippen LogP contribution in [0.4, 0.5) is 10.5 Å². The Morgan fingerprint density at radius 3 is 2.63 bits per heavy atom. The van der Waals surface area contributed by atoms with Gasteiger partial charge in [-0.05, 0) is 19.1 Å². The number of hydrogen-bond acceptors (Lipinski definition) is 5. The summed E-state index contributed by atoms with van der Waals surface area (Å²) in [5.74, 6) is 0.493. The molecule has 1 saturated heterocycles. The lowest BCUT2D eigenvalue weighted by atomic mass is 10.1. The van der Waals surface area contributed by atoms with E-state index >= 15 is 0 Å². The van der Waals surface area contributed by atoms with Gasteiger partial charge in [0.25, 0.3) is 5.91 Å². The van der Waals surface area contributed by atoms with E-state index in [9.17, 15) is 9.59 Å². The number of nitrogen functional groups attached to an aromatic ring is 1. The number of hydrogen-bond donors (Lipinski definition) is 3. The van der Waals surface area contributed by atoms with Crippen molar-refractivity contribution in [3.05, 3.63) is 18.2 Å². The molecule has 7 nitrogen and oxygen atoms in total. The number of methoxy groups -OCH3 is 1. The molecular formula is C12H15N3O4. The molecule has 1 heterocycles. The molecule has 0 aliphatic carbocycles. The zero-order valence-electron chi connectivity index (χ0n) is 10.6. The van der Waals surface area contributed by atoms with Crippen molar-refractivity contribution in [1.82, 2.24) is 10.6 Å². The minimum atomic E-state index is -1.09. The number of anilines is 1.